The number of rotatable bonds is 10. The van der Waals surface area contributed by atoms with Crippen LogP contribution < -0.4 is 11.1 Å². The Labute approximate surface area is 98.3 Å². The van der Waals surface area contributed by atoms with E-state index in [0.717, 1.165) is 32.5 Å². The second-order valence-corrected chi connectivity index (χ2v) is 3.89. The molecule has 0 spiro atoms. The van der Waals surface area contributed by atoms with Gasteiger partial charge >= 0.3 is 0 Å². The van der Waals surface area contributed by atoms with E-state index in [2.05, 4.69) is 10.2 Å². The van der Waals surface area contributed by atoms with Gasteiger partial charge in [-0.15, -0.1) is 0 Å². The lowest BCUT2D eigenvalue weighted by Crippen LogP contribution is -2.34. The third-order valence-corrected chi connectivity index (χ3v) is 2.35. The quantitative estimate of drug-likeness (QED) is 0.511. The molecule has 16 heavy (non-hydrogen) atoms. The molecule has 0 radical (unpaired) electrons. The maximum absolute atomic E-state index is 11.3. The summed E-state index contributed by atoms with van der Waals surface area (Å²) < 4.78 is 4.96. The van der Waals surface area contributed by atoms with E-state index in [1.54, 1.807) is 7.11 Å². The first kappa shape index (κ1) is 15.3. The van der Waals surface area contributed by atoms with Crippen LogP contribution in [0, 0.1) is 0 Å². The number of amides is 1. The minimum absolute atomic E-state index is 0.119. The molecule has 0 atom stereocenters. The number of hydrogen-bond donors (Lipinski definition) is 2. The van der Waals surface area contributed by atoms with Crippen molar-refractivity contribution in [3.63, 3.8) is 0 Å². The normalized spacial score (nSPS) is 10.8. The maximum atomic E-state index is 11.3. The molecule has 0 saturated carbocycles. The third-order valence-electron chi connectivity index (χ3n) is 2.35. The van der Waals surface area contributed by atoms with Crippen molar-refractivity contribution in [1.29, 1.82) is 0 Å². The molecule has 0 rings (SSSR count). The van der Waals surface area contributed by atoms with Crippen LogP contribution >= 0.6 is 0 Å². The zero-order valence-corrected chi connectivity index (χ0v) is 10.5. The first-order chi connectivity index (χ1) is 7.70. The topological polar surface area (TPSA) is 67.6 Å². The van der Waals surface area contributed by atoms with E-state index in [1.165, 1.54) is 0 Å². The first-order valence-corrected chi connectivity index (χ1v) is 5.85. The molecule has 0 unspecified atom stereocenters. The number of carbonyl (C=O) groups is 1. The molecule has 0 aliphatic carbocycles. The fourth-order valence-electron chi connectivity index (χ4n) is 1.26. The number of likely N-dealkylation sites (N-methyl/N-ethyl adjacent to an activating group) is 1. The molecule has 0 aliphatic rings. The van der Waals surface area contributed by atoms with E-state index >= 15 is 0 Å². The van der Waals surface area contributed by atoms with E-state index < -0.39 is 0 Å². The Morgan fingerprint density at radius 3 is 2.75 bits per heavy atom. The lowest BCUT2D eigenvalue weighted by Gasteiger charge is -2.16. The Kier molecular flexibility index (Phi) is 10.4. The van der Waals surface area contributed by atoms with E-state index in [9.17, 15) is 4.79 Å². The summed E-state index contributed by atoms with van der Waals surface area (Å²) in [6, 6.07) is 0. The molecule has 0 aromatic heterocycles. The SMILES string of the molecule is COCCN(C)CCNC(=O)CCCCN. The van der Waals surface area contributed by atoms with Crippen molar-refractivity contribution in [3.8, 4) is 0 Å². The molecular formula is C11H25N3O2. The Balaban J connectivity index is 3.32. The van der Waals surface area contributed by atoms with Crippen LogP contribution in [0.3, 0.4) is 0 Å². The van der Waals surface area contributed by atoms with Crippen LogP contribution in [0.1, 0.15) is 19.3 Å². The van der Waals surface area contributed by atoms with Crippen molar-refractivity contribution in [1.82, 2.24) is 10.2 Å². The lowest BCUT2D eigenvalue weighted by atomic mass is 10.2. The van der Waals surface area contributed by atoms with Gasteiger partial charge in [0.2, 0.25) is 5.91 Å². The number of unbranched alkanes of at least 4 members (excludes halogenated alkanes) is 1. The van der Waals surface area contributed by atoms with Crippen LogP contribution in [0.5, 0.6) is 0 Å². The minimum Gasteiger partial charge on any atom is -0.383 e. The van der Waals surface area contributed by atoms with Crippen LogP contribution in [0.4, 0.5) is 0 Å². The van der Waals surface area contributed by atoms with Crippen LogP contribution in [-0.2, 0) is 9.53 Å². The molecule has 5 nitrogen and oxygen atoms in total. The van der Waals surface area contributed by atoms with Crippen molar-refractivity contribution >= 4 is 5.91 Å². The summed E-state index contributed by atoms with van der Waals surface area (Å²) in [4.78, 5) is 13.4. The molecule has 0 saturated heterocycles. The Bertz CT molecular complexity index is 177. The largest absolute Gasteiger partial charge is 0.383 e. The summed E-state index contributed by atoms with van der Waals surface area (Å²) in [5, 5.41) is 2.89. The molecule has 0 bridgehead atoms. The number of carbonyl (C=O) groups excluding carboxylic acids is 1. The molecule has 0 heterocycles. The van der Waals surface area contributed by atoms with Crippen molar-refractivity contribution < 1.29 is 9.53 Å². The Morgan fingerprint density at radius 2 is 2.12 bits per heavy atom. The average molecular weight is 231 g/mol. The van der Waals surface area contributed by atoms with Gasteiger partial charge in [-0.05, 0) is 26.4 Å². The van der Waals surface area contributed by atoms with E-state index in [0.29, 0.717) is 19.5 Å². The van der Waals surface area contributed by atoms with Crippen molar-refractivity contribution in [2.24, 2.45) is 5.73 Å². The highest BCUT2D eigenvalue weighted by Gasteiger charge is 2.01. The zero-order chi connectivity index (χ0) is 12.2. The fraction of sp³-hybridized carbons (Fsp3) is 0.909. The van der Waals surface area contributed by atoms with Gasteiger partial charge < -0.3 is 20.7 Å². The van der Waals surface area contributed by atoms with Crippen molar-refractivity contribution in [3.05, 3.63) is 0 Å². The Hall–Kier alpha value is -0.650. The van der Waals surface area contributed by atoms with Gasteiger partial charge in [0.15, 0.2) is 0 Å². The van der Waals surface area contributed by atoms with Gasteiger partial charge in [0.25, 0.3) is 0 Å². The molecule has 0 aliphatic heterocycles. The highest BCUT2D eigenvalue weighted by molar-refractivity contribution is 5.75. The predicted octanol–water partition coefficient (Wildman–Crippen LogP) is -0.190. The Morgan fingerprint density at radius 1 is 1.38 bits per heavy atom. The average Bonchev–Trinajstić information content (AvgIpc) is 2.26. The molecule has 1 amide bonds. The first-order valence-electron chi connectivity index (χ1n) is 5.85. The minimum atomic E-state index is 0.119. The van der Waals surface area contributed by atoms with Crippen LogP contribution in [0.15, 0.2) is 0 Å². The molecule has 3 N–H and O–H groups in total. The van der Waals surface area contributed by atoms with Gasteiger partial charge in [0.05, 0.1) is 6.61 Å². The lowest BCUT2D eigenvalue weighted by molar-refractivity contribution is -0.121. The second kappa shape index (κ2) is 10.9. The summed E-state index contributed by atoms with van der Waals surface area (Å²) in [6.07, 6.45) is 2.38. The molecule has 5 heteroatoms. The van der Waals surface area contributed by atoms with Crippen LogP contribution in [0.2, 0.25) is 0 Å². The summed E-state index contributed by atoms with van der Waals surface area (Å²) in [5.74, 6) is 0.119. The summed E-state index contributed by atoms with van der Waals surface area (Å²) >= 11 is 0. The fourth-order valence-corrected chi connectivity index (χ4v) is 1.26. The summed E-state index contributed by atoms with van der Waals surface area (Å²) in [6.45, 7) is 3.82. The predicted molar refractivity (Wildman–Crippen MR) is 65.3 cm³/mol. The number of hydrogen-bond acceptors (Lipinski definition) is 4. The van der Waals surface area contributed by atoms with E-state index in [-0.39, 0.29) is 5.91 Å². The molecule has 0 fully saturated rings. The number of nitrogens with one attached hydrogen (secondary N) is 1. The van der Waals surface area contributed by atoms with Crippen molar-refractivity contribution in [2.75, 3.05) is 46.9 Å². The number of methoxy groups -OCH3 is 1. The maximum Gasteiger partial charge on any atom is 0.220 e. The van der Waals surface area contributed by atoms with Gasteiger partial charge in [-0.1, -0.05) is 0 Å². The number of nitrogens with two attached hydrogens (primary N) is 1. The van der Waals surface area contributed by atoms with Gasteiger partial charge in [0.1, 0.15) is 0 Å². The van der Waals surface area contributed by atoms with Gasteiger partial charge in [-0.3, -0.25) is 4.79 Å². The summed E-state index contributed by atoms with van der Waals surface area (Å²) in [5.41, 5.74) is 5.35. The van der Waals surface area contributed by atoms with Crippen molar-refractivity contribution in [2.45, 2.75) is 19.3 Å². The van der Waals surface area contributed by atoms with E-state index in [4.69, 9.17) is 10.5 Å². The number of nitrogens with zero attached hydrogens (tertiary/aromatic N) is 1. The van der Waals surface area contributed by atoms with Crippen LogP contribution in [0.25, 0.3) is 0 Å². The highest BCUT2D eigenvalue weighted by atomic mass is 16.5. The number of ether oxygens (including phenoxy) is 1. The standard InChI is InChI=1S/C11H25N3O2/c1-14(9-10-16-2)8-7-13-11(15)5-3-4-6-12/h3-10,12H2,1-2H3,(H,13,15). The zero-order valence-electron chi connectivity index (χ0n) is 10.5. The third kappa shape index (κ3) is 9.89. The second-order valence-electron chi connectivity index (χ2n) is 3.89. The smallest absolute Gasteiger partial charge is 0.220 e. The van der Waals surface area contributed by atoms with Gasteiger partial charge in [-0.25, -0.2) is 0 Å². The highest BCUT2D eigenvalue weighted by Crippen LogP contribution is 1.92. The molecular weight excluding hydrogens is 206 g/mol. The van der Waals surface area contributed by atoms with Crippen LogP contribution in [-0.4, -0.2) is 57.8 Å². The summed E-state index contributed by atoms with van der Waals surface area (Å²) in [7, 11) is 3.70. The molecule has 0 aromatic rings. The molecule has 0 aromatic carbocycles. The van der Waals surface area contributed by atoms with Gasteiger partial charge in [-0.2, -0.15) is 0 Å². The van der Waals surface area contributed by atoms with Gasteiger partial charge in [0, 0.05) is 33.2 Å². The monoisotopic (exact) mass is 231 g/mol. The van der Waals surface area contributed by atoms with E-state index in [1.807, 2.05) is 7.05 Å². The molecule has 96 valence electrons.